The van der Waals surface area contributed by atoms with Crippen LogP contribution >= 0.6 is 11.3 Å². The molecule has 0 bridgehead atoms. The Bertz CT molecular complexity index is 1010. The largest absolute Gasteiger partial charge is 0.497 e. The average Bonchev–Trinajstić information content (AvgIpc) is 2.99. The van der Waals surface area contributed by atoms with Gasteiger partial charge in [0, 0.05) is 16.0 Å². The van der Waals surface area contributed by atoms with Crippen LogP contribution in [-0.2, 0) is 24.1 Å². The maximum Gasteiger partial charge on any atom is 0.307 e. The summed E-state index contributed by atoms with van der Waals surface area (Å²) in [6, 6.07) is 7.90. The molecule has 0 fully saturated rings. The van der Waals surface area contributed by atoms with Crippen LogP contribution in [0.5, 0.6) is 5.75 Å². The fraction of sp³-hybridized carbons (Fsp3) is 0.333. The van der Waals surface area contributed by atoms with Crippen molar-refractivity contribution in [1.29, 1.82) is 0 Å². The zero-order chi connectivity index (χ0) is 18.3. The SMILES string of the molecule is COc1cccc(-c2c(CC(=O)O)c(C)nc3sc4c(c23)CCCC4)c1. The third-order valence-corrected chi connectivity index (χ3v) is 6.28. The van der Waals surface area contributed by atoms with Gasteiger partial charge >= 0.3 is 5.97 Å². The molecule has 0 radical (unpaired) electrons. The number of carboxylic acids is 1. The van der Waals surface area contributed by atoms with Gasteiger partial charge in [0.2, 0.25) is 0 Å². The number of thiophene rings is 1. The predicted molar refractivity (Wildman–Crippen MR) is 104 cm³/mol. The number of ether oxygens (including phenoxy) is 1. The Balaban J connectivity index is 2.08. The number of aliphatic carboxylic acids is 1. The summed E-state index contributed by atoms with van der Waals surface area (Å²) in [6.45, 7) is 1.92. The Kier molecular flexibility index (Phi) is 4.41. The highest BCUT2D eigenvalue weighted by Crippen LogP contribution is 2.43. The Morgan fingerprint density at radius 2 is 2.12 bits per heavy atom. The maximum atomic E-state index is 11.5. The van der Waals surface area contributed by atoms with Crippen molar-refractivity contribution in [3.63, 3.8) is 0 Å². The summed E-state index contributed by atoms with van der Waals surface area (Å²) >= 11 is 1.77. The number of rotatable bonds is 4. The Morgan fingerprint density at radius 3 is 2.88 bits per heavy atom. The molecule has 1 aliphatic carbocycles. The van der Waals surface area contributed by atoms with Gasteiger partial charge < -0.3 is 9.84 Å². The zero-order valence-electron chi connectivity index (χ0n) is 15.0. The first-order valence-electron chi connectivity index (χ1n) is 8.88. The lowest BCUT2D eigenvalue weighted by Gasteiger charge is -2.16. The van der Waals surface area contributed by atoms with Gasteiger partial charge in [0.1, 0.15) is 10.6 Å². The highest BCUT2D eigenvalue weighted by Gasteiger charge is 2.24. The molecule has 0 saturated heterocycles. The lowest BCUT2D eigenvalue weighted by Crippen LogP contribution is -2.07. The molecule has 0 atom stereocenters. The standard InChI is InChI=1S/C21H21NO3S/c1-12-16(11-18(23)24)19(13-6-5-7-14(10-13)25-2)20-15-8-3-4-9-17(15)26-21(20)22-12/h5-7,10H,3-4,8-9,11H2,1-2H3,(H,23,24). The Hall–Kier alpha value is -2.40. The van der Waals surface area contributed by atoms with Crippen molar-refractivity contribution in [1.82, 2.24) is 4.98 Å². The van der Waals surface area contributed by atoms with Gasteiger partial charge in [-0.25, -0.2) is 4.98 Å². The monoisotopic (exact) mass is 367 g/mol. The normalized spacial score (nSPS) is 13.6. The number of methoxy groups -OCH3 is 1. The summed E-state index contributed by atoms with van der Waals surface area (Å²) in [7, 11) is 1.65. The molecule has 134 valence electrons. The number of aromatic nitrogens is 1. The van der Waals surface area contributed by atoms with Crippen molar-refractivity contribution in [2.45, 2.75) is 39.0 Å². The molecule has 1 aromatic carbocycles. The first-order valence-corrected chi connectivity index (χ1v) is 9.70. The van der Waals surface area contributed by atoms with Crippen LogP contribution in [0.4, 0.5) is 0 Å². The van der Waals surface area contributed by atoms with Gasteiger partial charge in [0.25, 0.3) is 0 Å². The second-order valence-corrected chi connectivity index (χ2v) is 7.83. The van der Waals surface area contributed by atoms with E-state index in [0.717, 1.165) is 51.2 Å². The van der Waals surface area contributed by atoms with Crippen molar-refractivity contribution in [2.24, 2.45) is 0 Å². The first-order chi connectivity index (χ1) is 12.6. The van der Waals surface area contributed by atoms with Crippen LogP contribution in [0.3, 0.4) is 0 Å². The van der Waals surface area contributed by atoms with E-state index in [1.54, 1.807) is 18.4 Å². The minimum Gasteiger partial charge on any atom is -0.497 e. The number of fused-ring (bicyclic) bond motifs is 3. The quantitative estimate of drug-likeness (QED) is 0.720. The van der Waals surface area contributed by atoms with E-state index in [4.69, 9.17) is 9.72 Å². The van der Waals surface area contributed by atoms with Gasteiger partial charge in [-0.15, -0.1) is 11.3 Å². The summed E-state index contributed by atoms with van der Waals surface area (Å²) in [6.07, 6.45) is 4.52. The van der Waals surface area contributed by atoms with E-state index in [9.17, 15) is 9.90 Å². The smallest absolute Gasteiger partial charge is 0.307 e. The Labute approximate surface area is 156 Å². The van der Waals surface area contributed by atoms with Crippen LogP contribution in [0.15, 0.2) is 24.3 Å². The number of carbonyl (C=O) groups is 1. The molecular formula is C21H21NO3S. The van der Waals surface area contributed by atoms with Crippen LogP contribution < -0.4 is 4.74 Å². The van der Waals surface area contributed by atoms with E-state index in [0.29, 0.717) is 0 Å². The molecule has 0 saturated carbocycles. The van der Waals surface area contributed by atoms with Gasteiger partial charge in [0.05, 0.1) is 13.5 Å². The number of hydrogen-bond donors (Lipinski definition) is 1. The number of nitrogens with zero attached hydrogens (tertiary/aromatic N) is 1. The van der Waals surface area contributed by atoms with E-state index < -0.39 is 5.97 Å². The molecule has 2 heterocycles. The minimum atomic E-state index is -0.831. The topological polar surface area (TPSA) is 59.4 Å². The second kappa shape index (κ2) is 6.72. The van der Waals surface area contributed by atoms with E-state index in [1.165, 1.54) is 23.3 Å². The summed E-state index contributed by atoms with van der Waals surface area (Å²) in [4.78, 5) is 18.8. The average molecular weight is 367 g/mol. The summed E-state index contributed by atoms with van der Waals surface area (Å²) in [5.74, 6) is -0.0574. The van der Waals surface area contributed by atoms with Crippen LogP contribution in [0.1, 0.15) is 34.5 Å². The van der Waals surface area contributed by atoms with Crippen molar-refractivity contribution in [3.05, 3.63) is 46.0 Å². The van der Waals surface area contributed by atoms with Crippen molar-refractivity contribution in [3.8, 4) is 16.9 Å². The van der Waals surface area contributed by atoms with Crippen LogP contribution in [0.2, 0.25) is 0 Å². The van der Waals surface area contributed by atoms with Crippen LogP contribution in [-0.4, -0.2) is 23.2 Å². The van der Waals surface area contributed by atoms with Crippen molar-refractivity contribution >= 4 is 27.5 Å². The van der Waals surface area contributed by atoms with Crippen molar-refractivity contribution < 1.29 is 14.6 Å². The third-order valence-electron chi connectivity index (χ3n) is 5.10. The van der Waals surface area contributed by atoms with Gasteiger partial charge in [-0.3, -0.25) is 4.79 Å². The van der Waals surface area contributed by atoms with Gasteiger partial charge in [-0.1, -0.05) is 12.1 Å². The molecule has 1 aliphatic rings. The van der Waals surface area contributed by atoms with E-state index >= 15 is 0 Å². The molecule has 3 aromatic rings. The van der Waals surface area contributed by atoms with Crippen LogP contribution in [0, 0.1) is 6.92 Å². The lowest BCUT2D eigenvalue weighted by molar-refractivity contribution is -0.136. The number of hydrogen-bond acceptors (Lipinski definition) is 4. The molecule has 2 aromatic heterocycles. The lowest BCUT2D eigenvalue weighted by atomic mass is 9.89. The van der Waals surface area contributed by atoms with Gasteiger partial charge in [0.15, 0.2) is 0 Å². The van der Waals surface area contributed by atoms with E-state index in [-0.39, 0.29) is 6.42 Å². The third kappa shape index (κ3) is 2.86. The molecule has 4 rings (SSSR count). The minimum absolute atomic E-state index is 0.0219. The van der Waals surface area contributed by atoms with Crippen molar-refractivity contribution in [2.75, 3.05) is 7.11 Å². The molecule has 26 heavy (non-hydrogen) atoms. The molecule has 0 aliphatic heterocycles. The summed E-state index contributed by atoms with van der Waals surface area (Å²) in [5, 5.41) is 10.6. The highest BCUT2D eigenvalue weighted by molar-refractivity contribution is 7.19. The molecule has 0 spiro atoms. The Morgan fingerprint density at radius 1 is 1.31 bits per heavy atom. The molecule has 5 heteroatoms. The number of carboxylic acid groups (broad SMARTS) is 1. The second-order valence-electron chi connectivity index (χ2n) is 6.74. The zero-order valence-corrected chi connectivity index (χ0v) is 15.8. The molecular weight excluding hydrogens is 346 g/mol. The first kappa shape index (κ1) is 17.0. The predicted octanol–water partition coefficient (Wildman–Crippen LogP) is 4.79. The van der Waals surface area contributed by atoms with E-state index in [1.807, 2.05) is 31.2 Å². The number of benzene rings is 1. The fourth-order valence-electron chi connectivity index (χ4n) is 3.90. The maximum absolute atomic E-state index is 11.5. The van der Waals surface area contributed by atoms with Crippen LogP contribution in [0.25, 0.3) is 21.3 Å². The molecule has 0 unspecified atom stereocenters. The number of pyridine rings is 1. The summed E-state index contributed by atoms with van der Waals surface area (Å²) < 4.78 is 5.40. The van der Waals surface area contributed by atoms with E-state index in [2.05, 4.69) is 0 Å². The molecule has 0 amide bonds. The molecule has 1 N–H and O–H groups in total. The number of aryl methyl sites for hydroxylation is 3. The summed E-state index contributed by atoms with van der Waals surface area (Å²) in [5.41, 5.74) is 5.00. The molecule has 4 nitrogen and oxygen atoms in total. The fourth-order valence-corrected chi connectivity index (χ4v) is 5.22. The van der Waals surface area contributed by atoms with Gasteiger partial charge in [-0.2, -0.15) is 0 Å². The highest BCUT2D eigenvalue weighted by atomic mass is 32.1. The van der Waals surface area contributed by atoms with Gasteiger partial charge in [-0.05, 0) is 67.0 Å².